The molecule has 1 aromatic rings. The number of nitrogens with zero attached hydrogens (tertiary/aromatic N) is 2. The molecule has 1 saturated heterocycles. The third kappa shape index (κ3) is 7.12. The number of nitrogens with one attached hydrogen (secondary N) is 1. The second-order valence-corrected chi connectivity index (χ2v) is 5.31. The molecule has 1 aromatic carbocycles. The fourth-order valence-electron chi connectivity index (χ4n) is 2.27. The van der Waals surface area contributed by atoms with E-state index in [-0.39, 0.29) is 0 Å². The van der Waals surface area contributed by atoms with E-state index in [9.17, 15) is 4.79 Å². The highest BCUT2D eigenvalue weighted by molar-refractivity contribution is 5.81. The summed E-state index contributed by atoms with van der Waals surface area (Å²) in [6.07, 6.45) is 3.68. The average molecular weight is 320 g/mol. The summed E-state index contributed by atoms with van der Waals surface area (Å²) in [5, 5.41) is 3.70. The lowest BCUT2D eigenvalue weighted by Crippen LogP contribution is -2.36. The number of nitrogens with two attached hydrogens (primary N) is 1. The first-order valence-electron chi connectivity index (χ1n) is 7.85. The number of unbranched alkanes of at least 4 members (excludes halogenated alkanes) is 1. The minimum absolute atomic E-state index is 0.682. The Kier molecular flexibility index (Phi) is 7.35. The maximum Gasteiger partial charge on any atom is 0.332 e. The molecule has 1 fully saturated rings. The Hall–Kier alpha value is -2.12. The molecule has 0 unspecified atom stereocenters. The maximum atomic E-state index is 10.5. The number of hydrogen-bond donors (Lipinski definition) is 2. The van der Waals surface area contributed by atoms with Crippen molar-refractivity contribution < 1.29 is 14.3 Å². The third-order valence-corrected chi connectivity index (χ3v) is 3.51. The molecule has 0 aromatic heterocycles. The molecular weight excluding hydrogens is 296 g/mol. The zero-order valence-corrected chi connectivity index (χ0v) is 13.2. The first-order chi connectivity index (χ1) is 11.2. The zero-order chi connectivity index (χ0) is 16.3. The van der Waals surface area contributed by atoms with Gasteiger partial charge in [-0.05, 0) is 49.2 Å². The van der Waals surface area contributed by atoms with Gasteiger partial charge in [-0.1, -0.05) is 0 Å². The van der Waals surface area contributed by atoms with Crippen molar-refractivity contribution in [1.29, 1.82) is 0 Å². The van der Waals surface area contributed by atoms with Gasteiger partial charge in [-0.3, -0.25) is 4.90 Å². The molecule has 3 N–H and O–H groups in total. The topological polar surface area (TPSA) is 89.2 Å². The quantitative estimate of drug-likeness (QED) is 0.428. The van der Waals surface area contributed by atoms with Crippen LogP contribution in [0.5, 0.6) is 5.75 Å². The van der Waals surface area contributed by atoms with Crippen LogP contribution in [-0.2, 0) is 4.74 Å². The van der Waals surface area contributed by atoms with Crippen molar-refractivity contribution >= 4 is 12.2 Å². The molecule has 23 heavy (non-hydrogen) atoms. The second-order valence-electron chi connectivity index (χ2n) is 5.31. The average Bonchev–Trinajstić information content (AvgIpc) is 2.56. The Morgan fingerprint density at radius 1 is 1.30 bits per heavy atom. The van der Waals surface area contributed by atoms with E-state index in [4.69, 9.17) is 15.2 Å². The summed E-state index contributed by atoms with van der Waals surface area (Å²) in [5.41, 5.74) is 7.92. The van der Waals surface area contributed by atoms with E-state index < -0.39 is 6.03 Å². The van der Waals surface area contributed by atoms with Crippen LogP contribution in [0, 0.1) is 0 Å². The number of morpholine rings is 1. The number of amides is 2. The van der Waals surface area contributed by atoms with Gasteiger partial charge in [0.15, 0.2) is 0 Å². The van der Waals surface area contributed by atoms with E-state index >= 15 is 0 Å². The summed E-state index contributed by atoms with van der Waals surface area (Å²) in [6, 6.07) is 6.82. The van der Waals surface area contributed by atoms with Crippen LogP contribution in [0.1, 0.15) is 18.4 Å². The van der Waals surface area contributed by atoms with Crippen molar-refractivity contribution in [3.63, 3.8) is 0 Å². The lowest BCUT2D eigenvalue weighted by molar-refractivity contribution is 0.0368. The molecule has 126 valence electrons. The van der Waals surface area contributed by atoms with E-state index in [0.29, 0.717) is 6.61 Å². The second kappa shape index (κ2) is 9.81. The first-order valence-corrected chi connectivity index (χ1v) is 7.85. The Labute approximate surface area is 136 Å². The molecule has 1 aliphatic rings. The highest BCUT2D eigenvalue weighted by atomic mass is 16.5. The molecule has 0 atom stereocenters. The number of hydrazone groups is 1. The van der Waals surface area contributed by atoms with Gasteiger partial charge in [-0.2, -0.15) is 5.10 Å². The first kappa shape index (κ1) is 17.2. The standard InChI is InChI=1S/C16H24N4O3/c17-16(21)19-18-13-14-3-5-15(6-4-14)23-10-2-1-7-20-8-11-22-12-9-20/h3-6,13H,1-2,7-12H2,(H3,17,19,21). The highest BCUT2D eigenvalue weighted by Gasteiger charge is 2.08. The van der Waals surface area contributed by atoms with Gasteiger partial charge in [-0.25, -0.2) is 10.2 Å². The zero-order valence-electron chi connectivity index (χ0n) is 13.2. The summed E-state index contributed by atoms with van der Waals surface area (Å²) in [5.74, 6) is 0.830. The Balaban J connectivity index is 1.60. The highest BCUT2D eigenvalue weighted by Crippen LogP contribution is 2.12. The molecule has 0 aliphatic carbocycles. The molecule has 1 heterocycles. The van der Waals surface area contributed by atoms with Gasteiger partial charge in [-0.15, -0.1) is 0 Å². The van der Waals surface area contributed by atoms with Crippen LogP contribution < -0.4 is 15.9 Å². The van der Waals surface area contributed by atoms with Crippen molar-refractivity contribution in [2.45, 2.75) is 12.8 Å². The number of urea groups is 1. The number of rotatable bonds is 8. The minimum atomic E-state index is -0.682. The SMILES string of the molecule is NC(=O)NN=Cc1ccc(OCCCCN2CCOCC2)cc1. The van der Waals surface area contributed by atoms with Gasteiger partial charge < -0.3 is 15.2 Å². The van der Waals surface area contributed by atoms with Crippen LogP contribution in [-0.4, -0.2) is 56.6 Å². The van der Waals surface area contributed by atoms with E-state index in [1.807, 2.05) is 24.3 Å². The summed E-state index contributed by atoms with van der Waals surface area (Å²) in [4.78, 5) is 12.9. The maximum absolute atomic E-state index is 10.5. The van der Waals surface area contributed by atoms with Gasteiger partial charge in [0.05, 0.1) is 26.0 Å². The molecule has 1 aliphatic heterocycles. The molecule has 0 radical (unpaired) electrons. The molecule has 2 amide bonds. The summed E-state index contributed by atoms with van der Waals surface area (Å²) in [7, 11) is 0. The van der Waals surface area contributed by atoms with Crippen LogP contribution in [0.15, 0.2) is 29.4 Å². The van der Waals surface area contributed by atoms with E-state index in [0.717, 1.165) is 57.0 Å². The van der Waals surface area contributed by atoms with Crippen LogP contribution >= 0.6 is 0 Å². The predicted molar refractivity (Wildman–Crippen MR) is 88.7 cm³/mol. The van der Waals surface area contributed by atoms with Gasteiger partial charge in [0.2, 0.25) is 0 Å². The third-order valence-electron chi connectivity index (χ3n) is 3.51. The van der Waals surface area contributed by atoms with Crippen LogP contribution in [0.25, 0.3) is 0 Å². The molecule has 7 heteroatoms. The predicted octanol–water partition coefficient (Wildman–Crippen LogP) is 1.18. The van der Waals surface area contributed by atoms with Crippen molar-refractivity contribution in [2.75, 3.05) is 39.5 Å². The smallest absolute Gasteiger partial charge is 0.332 e. The number of benzene rings is 1. The molecule has 2 rings (SSSR count). The van der Waals surface area contributed by atoms with Gasteiger partial charge in [0.1, 0.15) is 5.75 Å². The summed E-state index contributed by atoms with van der Waals surface area (Å²) in [6.45, 7) is 5.58. The minimum Gasteiger partial charge on any atom is -0.494 e. The van der Waals surface area contributed by atoms with Gasteiger partial charge in [0.25, 0.3) is 0 Å². The number of carbonyl (C=O) groups is 1. The largest absolute Gasteiger partial charge is 0.494 e. The normalized spacial score (nSPS) is 15.7. The fraction of sp³-hybridized carbons (Fsp3) is 0.500. The molecule has 7 nitrogen and oxygen atoms in total. The van der Waals surface area contributed by atoms with Crippen molar-refractivity contribution in [3.05, 3.63) is 29.8 Å². The van der Waals surface area contributed by atoms with Crippen molar-refractivity contribution in [3.8, 4) is 5.75 Å². The van der Waals surface area contributed by atoms with Crippen LogP contribution in [0.3, 0.4) is 0 Å². The lowest BCUT2D eigenvalue weighted by atomic mass is 10.2. The number of carbonyl (C=O) groups excluding carboxylic acids is 1. The van der Waals surface area contributed by atoms with E-state index in [2.05, 4.69) is 15.4 Å². The fourth-order valence-corrected chi connectivity index (χ4v) is 2.27. The molecule has 0 spiro atoms. The molecule has 0 bridgehead atoms. The Morgan fingerprint density at radius 3 is 2.74 bits per heavy atom. The number of primary amides is 1. The van der Waals surface area contributed by atoms with E-state index in [1.165, 1.54) is 6.21 Å². The lowest BCUT2D eigenvalue weighted by Gasteiger charge is -2.26. The molecule has 0 saturated carbocycles. The van der Waals surface area contributed by atoms with E-state index in [1.54, 1.807) is 0 Å². The number of hydrogen-bond acceptors (Lipinski definition) is 5. The molecular formula is C16H24N4O3. The van der Waals surface area contributed by atoms with Crippen LogP contribution in [0.2, 0.25) is 0 Å². The Bertz CT molecular complexity index is 499. The van der Waals surface area contributed by atoms with Gasteiger partial charge >= 0.3 is 6.03 Å². The van der Waals surface area contributed by atoms with Gasteiger partial charge in [0, 0.05) is 13.1 Å². The number of ether oxygens (including phenoxy) is 2. The van der Waals surface area contributed by atoms with Crippen molar-refractivity contribution in [2.24, 2.45) is 10.8 Å². The van der Waals surface area contributed by atoms with Crippen molar-refractivity contribution in [1.82, 2.24) is 10.3 Å². The summed E-state index contributed by atoms with van der Waals surface area (Å²) >= 11 is 0. The monoisotopic (exact) mass is 320 g/mol. The Morgan fingerprint density at radius 2 is 2.04 bits per heavy atom. The summed E-state index contributed by atoms with van der Waals surface area (Å²) < 4.78 is 11.0. The van der Waals surface area contributed by atoms with Crippen LogP contribution in [0.4, 0.5) is 4.79 Å².